The Morgan fingerprint density at radius 1 is 1.05 bits per heavy atom. The smallest absolute Gasteiger partial charge is 0.0472 e. The van der Waals surface area contributed by atoms with Gasteiger partial charge < -0.3 is 5.32 Å². The number of nitrogens with zero attached hydrogens (tertiary/aromatic N) is 1. The number of benzene rings is 1. The highest BCUT2D eigenvalue weighted by Crippen LogP contribution is 2.20. The Kier molecular flexibility index (Phi) is 8.56. The molecule has 0 fully saturated rings. The highest BCUT2D eigenvalue weighted by atomic mass is 15.2. The average molecular weight is 276 g/mol. The van der Waals surface area contributed by atoms with Gasteiger partial charge in [0.1, 0.15) is 0 Å². The summed E-state index contributed by atoms with van der Waals surface area (Å²) in [7, 11) is 0. The zero-order valence-electron chi connectivity index (χ0n) is 13.7. The minimum atomic E-state index is 0.492. The van der Waals surface area contributed by atoms with Crippen molar-refractivity contribution in [2.24, 2.45) is 5.92 Å². The normalized spacial score (nSPS) is 13.1. The summed E-state index contributed by atoms with van der Waals surface area (Å²) < 4.78 is 0. The van der Waals surface area contributed by atoms with Gasteiger partial charge in [-0.1, -0.05) is 64.4 Å². The van der Waals surface area contributed by atoms with E-state index in [1.807, 2.05) is 0 Å². The second-order valence-corrected chi connectivity index (χ2v) is 5.96. The summed E-state index contributed by atoms with van der Waals surface area (Å²) in [6, 6.07) is 11.4. The lowest BCUT2D eigenvalue weighted by Gasteiger charge is -2.31. The van der Waals surface area contributed by atoms with Gasteiger partial charge in [-0.15, -0.1) is 0 Å². The molecule has 1 aromatic rings. The maximum absolute atomic E-state index is 3.63. The van der Waals surface area contributed by atoms with Crippen molar-refractivity contribution in [1.29, 1.82) is 0 Å². The van der Waals surface area contributed by atoms with Crippen LogP contribution in [-0.4, -0.2) is 31.1 Å². The van der Waals surface area contributed by atoms with Crippen LogP contribution in [0.2, 0.25) is 0 Å². The number of nitrogens with one attached hydrogen (secondary N) is 1. The third-order valence-corrected chi connectivity index (χ3v) is 3.72. The van der Waals surface area contributed by atoms with E-state index in [9.17, 15) is 0 Å². The Hall–Kier alpha value is -0.860. The molecule has 2 nitrogen and oxygen atoms in total. The first-order valence-corrected chi connectivity index (χ1v) is 8.18. The van der Waals surface area contributed by atoms with E-state index in [1.165, 1.54) is 24.9 Å². The molecule has 0 heterocycles. The van der Waals surface area contributed by atoms with Gasteiger partial charge in [-0.3, -0.25) is 4.90 Å². The van der Waals surface area contributed by atoms with Gasteiger partial charge in [-0.05, 0) is 37.5 Å². The molecule has 1 unspecified atom stereocenters. The molecule has 2 heteroatoms. The molecular weight excluding hydrogens is 244 g/mol. The van der Waals surface area contributed by atoms with Gasteiger partial charge in [0, 0.05) is 12.6 Å². The molecule has 0 saturated carbocycles. The largest absolute Gasteiger partial charge is 0.315 e. The van der Waals surface area contributed by atoms with E-state index in [0.29, 0.717) is 12.0 Å². The Bertz CT molecular complexity index is 335. The van der Waals surface area contributed by atoms with Gasteiger partial charge in [0.05, 0.1) is 0 Å². The van der Waals surface area contributed by atoms with Gasteiger partial charge >= 0.3 is 0 Å². The molecule has 1 atom stereocenters. The Labute approximate surface area is 125 Å². The van der Waals surface area contributed by atoms with Crippen molar-refractivity contribution in [3.8, 4) is 0 Å². The minimum absolute atomic E-state index is 0.492. The zero-order valence-corrected chi connectivity index (χ0v) is 13.7. The number of unbranched alkanes of at least 4 members (excludes halogenated alkanes) is 1. The van der Waals surface area contributed by atoms with Crippen LogP contribution in [0.25, 0.3) is 0 Å². The van der Waals surface area contributed by atoms with Crippen molar-refractivity contribution in [2.75, 3.05) is 26.2 Å². The molecule has 1 aromatic carbocycles. The van der Waals surface area contributed by atoms with Gasteiger partial charge in [0.25, 0.3) is 0 Å². The van der Waals surface area contributed by atoms with E-state index in [-0.39, 0.29) is 0 Å². The van der Waals surface area contributed by atoms with Crippen LogP contribution >= 0.6 is 0 Å². The highest BCUT2D eigenvalue weighted by molar-refractivity contribution is 5.19. The minimum Gasteiger partial charge on any atom is -0.315 e. The van der Waals surface area contributed by atoms with Crippen LogP contribution in [0.3, 0.4) is 0 Å². The molecule has 0 radical (unpaired) electrons. The van der Waals surface area contributed by atoms with Gasteiger partial charge in [0.15, 0.2) is 0 Å². The number of likely N-dealkylation sites (N-methyl/N-ethyl adjacent to an activating group) is 1. The van der Waals surface area contributed by atoms with E-state index in [0.717, 1.165) is 19.6 Å². The third kappa shape index (κ3) is 6.06. The number of hydrogen-bond donors (Lipinski definition) is 1. The summed E-state index contributed by atoms with van der Waals surface area (Å²) in [6.45, 7) is 13.5. The molecule has 0 saturated heterocycles. The standard InChI is InChI=1S/C18H32N2/c1-5-7-13-20(6-2)18(15-19-14-16(3)4)17-11-9-8-10-12-17/h8-12,16,18-19H,5-7,13-15H2,1-4H3. The van der Waals surface area contributed by atoms with E-state index >= 15 is 0 Å². The molecule has 114 valence electrons. The van der Waals surface area contributed by atoms with Crippen LogP contribution in [-0.2, 0) is 0 Å². The molecule has 0 aliphatic heterocycles. The molecule has 1 N–H and O–H groups in total. The molecule has 0 amide bonds. The highest BCUT2D eigenvalue weighted by Gasteiger charge is 2.18. The van der Waals surface area contributed by atoms with Gasteiger partial charge in [0.2, 0.25) is 0 Å². The van der Waals surface area contributed by atoms with Crippen LogP contribution in [0.4, 0.5) is 0 Å². The molecule has 0 bridgehead atoms. The second kappa shape index (κ2) is 9.95. The van der Waals surface area contributed by atoms with E-state index < -0.39 is 0 Å². The Balaban J connectivity index is 2.71. The van der Waals surface area contributed by atoms with Crippen molar-refractivity contribution < 1.29 is 0 Å². The SMILES string of the molecule is CCCCN(CC)C(CNCC(C)C)c1ccccc1. The summed E-state index contributed by atoms with van der Waals surface area (Å²) in [5.41, 5.74) is 1.43. The maximum Gasteiger partial charge on any atom is 0.0472 e. The summed E-state index contributed by atoms with van der Waals surface area (Å²) in [4.78, 5) is 2.60. The van der Waals surface area contributed by atoms with E-state index in [1.54, 1.807) is 0 Å². The third-order valence-electron chi connectivity index (χ3n) is 3.72. The van der Waals surface area contributed by atoms with Crippen molar-refractivity contribution in [3.63, 3.8) is 0 Å². The van der Waals surface area contributed by atoms with Crippen molar-refractivity contribution in [1.82, 2.24) is 10.2 Å². The molecule has 0 aliphatic rings. The van der Waals surface area contributed by atoms with Crippen molar-refractivity contribution in [2.45, 2.75) is 46.6 Å². The molecule has 0 aliphatic carbocycles. The number of rotatable bonds is 10. The van der Waals surface area contributed by atoms with Crippen molar-refractivity contribution >= 4 is 0 Å². The van der Waals surface area contributed by atoms with Gasteiger partial charge in [-0.2, -0.15) is 0 Å². The average Bonchev–Trinajstić information content (AvgIpc) is 2.46. The molecule has 0 aromatic heterocycles. The summed E-state index contributed by atoms with van der Waals surface area (Å²) in [6.07, 6.45) is 2.54. The first-order chi connectivity index (χ1) is 9.69. The monoisotopic (exact) mass is 276 g/mol. The molecule has 1 rings (SSSR count). The lowest BCUT2D eigenvalue weighted by atomic mass is 10.0. The predicted octanol–water partition coefficient (Wildman–Crippen LogP) is 4.10. The number of hydrogen-bond acceptors (Lipinski definition) is 2. The predicted molar refractivity (Wildman–Crippen MR) is 89.0 cm³/mol. The van der Waals surface area contributed by atoms with Crippen LogP contribution in [0.1, 0.15) is 52.1 Å². The van der Waals surface area contributed by atoms with Gasteiger partial charge in [-0.25, -0.2) is 0 Å². The van der Waals surface area contributed by atoms with E-state index in [4.69, 9.17) is 0 Å². The first kappa shape index (κ1) is 17.2. The Morgan fingerprint density at radius 3 is 2.30 bits per heavy atom. The maximum atomic E-state index is 3.63. The van der Waals surface area contributed by atoms with Crippen LogP contribution in [0.15, 0.2) is 30.3 Å². The molecule has 20 heavy (non-hydrogen) atoms. The summed E-state index contributed by atoms with van der Waals surface area (Å²) >= 11 is 0. The fourth-order valence-corrected chi connectivity index (χ4v) is 2.54. The fraction of sp³-hybridized carbons (Fsp3) is 0.667. The lowest BCUT2D eigenvalue weighted by molar-refractivity contribution is 0.198. The first-order valence-electron chi connectivity index (χ1n) is 8.18. The topological polar surface area (TPSA) is 15.3 Å². The zero-order chi connectivity index (χ0) is 14.8. The quantitative estimate of drug-likeness (QED) is 0.692. The fourth-order valence-electron chi connectivity index (χ4n) is 2.54. The van der Waals surface area contributed by atoms with Crippen LogP contribution in [0, 0.1) is 5.92 Å². The van der Waals surface area contributed by atoms with Crippen LogP contribution < -0.4 is 5.32 Å². The van der Waals surface area contributed by atoms with Crippen LogP contribution in [0.5, 0.6) is 0 Å². The summed E-state index contributed by atoms with van der Waals surface area (Å²) in [5.74, 6) is 0.706. The lowest BCUT2D eigenvalue weighted by Crippen LogP contribution is -2.37. The second-order valence-electron chi connectivity index (χ2n) is 5.96. The summed E-state index contributed by atoms with van der Waals surface area (Å²) in [5, 5.41) is 3.63. The van der Waals surface area contributed by atoms with Crippen molar-refractivity contribution in [3.05, 3.63) is 35.9 Å². The van der Waals surface area contributed by atoms with E-state index in [2.05, 4.69) is 68.2 Å². The Morgan fingerprint density at radius 2 is 1.75 bits per heavy atom. The molecule has 0 spiro atoms. The molecular formula is C18H32N2.